The first-order valence-corrected chi connectivity index (χ1v) is 6.55. The van der Waals surface area contributed by atoms with Crippen molar-refractivity contribution in [3.05, 3.63) is 24.2 Å². The van der Waals surface area contributed by atoms with Gasteiger partial charge in [-0.15, -0.1) is 0 Å². The van der Waals surface area contributed by atoms with Gasteiger partial charge < -0.3 is 9.73 Å². The smallest absolute Gasteiger partial charge is 0.287 e. The fourth-order valence-corrected chi connectivity index (χ4v) is 2.05. The maximum atomic E-state index is 12.0. The molecule has 0 aliphatic carbocycles. The highest BCUT2D eigenvalue weighted by Crippen LogP contribution is 2.12. The van der Waals surface area contributed by atoms with Gasteiger partial charge in [0.25, 0.3) is 11.8 Å². The molecule has 0 radical (unpaired) electrons. The van der Waals surface area contributed by atoms with E-state index < -0.39 is 5.91 Å². The van der Waals surface area contributed by atoms with E-state index in [0.717, 1.165) is 6.42 Å². The van der Waals surface area contributed by atoms with Gasteiger partial charge in [-0.3, -0.25) is 19.4 Å². The molecule has 1 aliphatic heterocycles. The van der Waals surface area contributed by atoms with Crippen LogP contribution in [0.1, 0.15) is 30.3 Å². The lowest BCUT2D eigenvalue weighted by Crippen LogP contribution is -2.48. The zero-order chi connectivity index (χ0) is 14.5. The fourth-order valence-electron chi connectivity index (χ4n) is 2.05. The summed E-state index contributed by atoms with van der Waals surface area (Å²) in [5.41, 5.74) is 0. The molecule has 0 aromatic carbocycles. The number of nitrogens with zero attached hydrogens (tertiary/aromatic N) is 2. The van der Waals surface area contributed by atoms with Gasteiger partial charge in [-0.05, 0) is 18.6 Å². The Balaban J connectivity index is 1.88. The average molecular weight is 279 g/mol. The summed E-state index contributed by atoms with van der Waals surface area (Å²) in [6, 6.07) is 3.11. The minimum Gasteiger partial charge on any atom is -0.459 e. The number of amides is 3. The van der Waals surface area contributed by atoms with Crippen LogP contribution >= 0.6 is 0 Å². The third kappa shape index (κ3) is 2.98. The van der Waals surface area contributed by atoms with Crippen molar-refractivity contribution in [3.63, 3.8) is 0 Å². The zero-order valence-corrected chi connectivity index (χ0v) is 11.3. The molecule has 0 saturated carbocycles. The van der Waals surface area contributed by atoms with Gasteiger partial charge in [-0.2, -0.15) is 0 Å². The van der Waals surface area contributed by atoms with Gasteiger partial charge >= 0.3 is 0 Å². The molecule has 0 bridgehead atoms. The SMILES string of the molecule is CCC(=O)N1CCCN1C(=O)CNC(=O)c1ccco1. The molecule has 1 fully saturated rings. The van der Waals surface area contributed by atoms with Crippen molar-refractivity contribution in [3.8, 4) is 0 Å². The molecule has 20 heavy (non-hydrogen) atoms. The molecule has 108 valence electrons. The number of carbonyl (C=O) groups excluding carboxylic acids is 3. The summed E-state index contributed by atoms with van der Waals surface area (Å²) in [4.78, 5) is 35.4. The van der Waals surface area contributed by atoms with E-state index in [-0.39, 0.29) is 24.1 Å². The van der Waals surface area contributed by atoms with Crippen LogP contribution < -0.4 is 5.32 Å². The third-order valence-electron chi connectivity index (χ3n) is 3.05. The van der Waals surface area contributed by atoms with Crippen LogP contribution in [0, 0.1) is 0 Å². The topological polar surface area (TPSA) is 82.9 Å². The highest BCUT2D eigenvalue weighted by molar-refractivity contribution is 5.94. The van der Waals surface area contributed by atoms with Crippen LogP contribution in [0.5, 0.6) is 0 Å². The quantitative estimate of drug-likeness (QED) is 0.864. The monoisotopic (exact) mass is 279 g/mol. The Morgan fingerprint density at radius 1 is 1.25 bits per heavy atom. The van der Waals surface area contributed by atoms with Crippen molar-refractivity contribution >= 4 is 17.7 Å². The van der Waals surface area contributed by atoms with E-state index >= 15 is 0 Å². The predicted octanol–water partition coefficient (Wildman–Crippen LogP) is 0.395. The van der Waals surface area contributed by atoms with Gasteiger partial charge in [-0.25, -0.2) is 5.01 Å². The van der Waals surface area contributed by atoms with E-state index in [1.807, 2.05) is 0 Å². The molecule has 2 rings (SSSR count). The molecule has 7 heteroatoms. The highest BCUT2D eigenvalue weighted by Gasteiger charge is 2.29. The number of hydrogen-bond donors (Lipinski definition) is 1. The van der Waals surface area contributed by atoms with E-state index in [1.165, 1.54) is 22.3 Å². The first-order chi connectivity index (χ1) is 9.63. The lowest BCUT2D eigenvalue weighted by Gasteiger charge is -2.27. The van der Waals surface area contributed by atoms with Crippen molar-refractivity contribution in [1.82, 2.24) is 15.3 Å². The molecule has 1 aromatic heterocycles. The van der Waals surface area contributed by atoms with E-state index in [9.17, 15) is 14.4 Å². The number of hydrazine groups is 1. The lowest BCUT2D eigenvalue weighted by molar-refractivity contribution is -0.156. The minimum atomic E-state index is -0.448. The summed E-state index contributed by atoms with van der Waals surface area (Å²) in [5, 5.41) is 5.32. The molecule has 2 heterocycles. The lowest BCUT2D eigenvalue weighted by atomic mass is 10.4. The van der Waals surface area contributed by atoms with Crippen LogP contribution in [0.4, 0.5) is 0 Å². The number of carbonyl (C=O) groups is 3. The largest absolute Gasteiger partial charge is 0.459 e. The first-order valence-electron chi connectivity index (χ1n) is 6.55. The Bertz CT molecular complexity index is 498. The third-order valence-corrected chi connectivity index (χ3v) is 3.05. The van der Waals surface area contributed by atoms with E-state index in [0.29, 0.717) is 19.5 Å². The van der Waals surface area contributed by atoms with Crippen LogP contribution in [-0.2, 0) is 9.59 Å². The summed E-state index contributed by atoms with van der Waals surface area (Å²) in [6.07, 6.45) is 2.49. The van der Waals surface area contributed by atoms with Crippen LogP contribution in [-0.4, -0.2) is 47.4 Å². The molecule has 1 aromatic rings. The summed E-state index contributed by atoms with van der Waals surface area (Å²) in [6.45, 7) is 2.64. The van der Waals surface area contributed by atoms with Gasteiger partial charge in [0.2, 0.25) is 5.91 Å². The normalized spacial score (nSPS) is 14.4. The van der Waals surface area contributed by atoms with Crippen LogP contribution in [0.15, 0.2) is 22.8 Å². The predicted molar refractivity (Wildman–Crippen MR) is 69.4 cm³/mol. The fraction of sp³-hybridized carbons (Fsp3) is 0.462. The molecule has 3 amide bonds. The highest BCUT2D eigenvalue weighted by atomic mass is 16.3. The van der Waals surface area contributed by atoms with Gasteiger partial charge in [-0.1, -0.05) is 6.92 Å². The van der Waals surface area contributed by atoms with Crippen LogP contribution in [0.2, 0.25) is 0 Å². The Morgan fingerprint density at radius 3 is 2.55 bits per heavy atom. The number of rotatable bonds is 4. The van der Waals surface area contributed by atoms with Crippen LogP contribution in [0.25, 0.3) is 0 Å². The maximum Gasteiger partial charge on any atom is 0.287 e. The molecular formula is C13H17N3O4. The van der Waals surface area contributed by atoms with Gasteiger partial charge in [0.15, 0.2) is 5.76 Å². The van der Waals surface area contributed by atoms with Gasteiger partial charge in [0, 0.05) is 19.5 Å². The molecular weight excluding hydrogens is 262 g/mol. The number of hydrogen-bond acceptors (Lipinski definition) is 4. The zero-order valence-electron chi connectivity index (χ0n) is 11.3. The number of nitrogens with one attached hydrogen (secondary N) is 1. The first kappa shape index (κ1) is 14.1. The molecule has 0 atom stereocenters. The van der Waals surface area contributed by atoms with Crippen molar-refractivity contribution in [1.29, 1.82) is 0 Å². The maximum absolute atomic E-state index is 12.0. The second kappa shape index (κ2) is 6.23. The summed E-state index contributed by atoms with van der Waals surface area (Å²) >= 11 is 0. The molecule has 7 nitrogen and oxygen atoms in total. The van der Waals surface area contributed by atoms with Crippen molar-refractivity contribution in [2.75, 3.05) is 19.6 Å². The van der Waals surface area contributed by atoms with Crippen LogP contribution in [0.3, 0.4) is 0 Å². The van der Waals surface area contributed by atoms with Gasteiger partial charge in [0.05, 0.1) is 12.8 Å². The van der Waals surface area contributed by atoms with E-state index in [4.69, 9.17) is 4.42 Å². The van der Waals surface area contributed by atoms with Crippen molar-refractivity contribution < 1.29 is 18.8 Å². The average Bonchev–Trinajstić information content (AvgIpc) is 3.13. The van der Waals surface area contributed by atoms with E-state index in [2.05, 4.69) is 5.32 Å². The molecule has 0 spiro atoms. The molecule has 1 aliphatic rings. The summed E-state index contributed by atoms with van der Waals surface area (Å²) < 4.78 is 4.93. The minimum absolute atomic E-state index is 0.0896. The Morgan fingerprint density at radius 2 is 1.95 bits per heavy atom. The van der Waals surface area contributed by atoms with Crippen molar-refractivity contribution in [2.24, 2.45) is 0 Å². The molecule has 1 N–H and O–H groups in total. The van der Waals surface area contributed by atoms with E-state index in [1.54, 1.807) is 13.0 Å². The summed E-state index contributed by atoms with van der Waals surface area (Å²) in [5.74, 6) is -0.686. The second-order valence-corrected chi connectivity index (χ2v) is 4.40. The second-order valence-electron chi connectivity index (χ2n) is 4.40. The molecule has 1 saturated heterocycles. The Labute approximate surface area is 116 Å². The molecule has 0 unspecified atom stereocenters. The van der Waals surface area contributed by atoms with Gasteiger partial charge in [0.1, 0.15) is 0 Å². The Kier molecular flexibility index (Phi) is 4.39. The standard InChI is InChI=1S/C13H17N3O4/c1-2-11(17)15-6-4-7-16(15)12(18)9-14-13(19)10-5-3-8-20-10/h3,5,8H,2,4,6-7,9H2,1H3,(H,14,19). The Hall–Kier alpha value is -2.31. The number of furan rings is 1. The van der Waals surface area contributed by atoms with Crippen molar-refractivity contribution in [2.45, 2.75) is 19.8 Å². The summed E-state index contributed by atoms with van der Waals surface area (Å²) in [7, 11) is 0.